The molecule has 0 saturated carbocycles. The normalized spacial score (nSPS) is 12.6. The number of methoxy groups -OCH3 is 1. The van der Waals surface area contributed by atoms with Gasteiger partial charge in [0, 0.05) is 18.5 Å². The maximum atomic E-state index is 13.6. The number of hydrogen-bond acceptors (Lipinski definition) is 3. The predicted octanol–water partition coefficient (Wildman–Crippen LogP) is 2.39. The van der Waals surface area contributed by atoms with Gasteiger partial charge in [0.15, 0.2) is 5.78 Å². The Hall–Kier alpha value is -1.42. The van der Waals surface area contributed by atoms with Gasteiger partial charge in [-0.15, -0.1) is 0 Å². The third-order valence-corrected chi connectivity index (χ3v) is 2.75. The number of benzene rings is 1. The standard InChI is InChI=1S/C13H18FNO2/c1-8(2)12(15)7-13(16)10-5-4-9(17-3)6-11(10)14/h4-6,8,12H,7,15H2,1-3H3. The number of ether oxygens (including phenoxy) is 1. The fraction of sp³-hybridized carbons (Fsp3) is 0.462. The van der Waals surface area contributed by atoms with E-state index in [0.717, 1.165) is 0 Å². The summed E-state index contributed by atoms with van der Waals surface area (Å²) in [6.45, 7) is 3.87. The predicted molar refractivity (Wildman–Crippen MR) is 64.7 cm³/mol. The number of ketones is 1. The summed E-state index contributed by atoms with van der Waals surface area (Å²) in [6.07, 6.45) is 0.154. The molecule has 0 radical (unpaired) electrons. The van der Waals surface area contributed by atoms with E-state index in [1.807, 2.05) is 13.8 Å². The summed E-state index contributed by atoms with van der Waals surface area (Å²) in [5.41, 5.74) is 5.86. The Labute approximate surface area is 101 Å². The van der Waals surface area contributed by atoms with Gasteiger partial charge in [-0.05, 0) is 18.1 Å². The third-order valence-electron chi connectivity index (χ3n) is 2.75. The number of carbonyl (C=O) groups excluding carboxylic acids is 1. The molecule has 0 aromatic heterocycles. The summed E-state index contributed by atoms with van der Waals surface area (Å²) in [5, 5.41) is 0. The molecule has 0 fully saturated rings. The lowest BCUT2D eigenvalue weighted by Gasteiger charge is -2.14. The average molecular weight is 239 g/mol. The summed E-state index contributed by atoms with van der Waals surface area (Å²) >= 11 is 0. The molecule has 17 heavy (non-hydrogen) atoms. The zero-order valence-electron chi connectivity index (χ0n) is 10.4. The lowest BCUT2D eigenvalue weighted by atomic mass is 9.96. The van der Waals surface area contributed by atoms with Crippen LogP contribution < -0.4 is 10.5 Å². The van der Waals surface area contributed by atoms with E-state index in [4.69, 9.17) is 10.5 Å². The second-order valence-corrected chi connectivity index (χ2v) is 4.38. The monoisotopic (exact) mass is 239 g/mol. The van der Waals surface area contributed by atoms with Crippen molar-refractivity contribution < 1.29 is 13.9 Å². The SMILES string of the molecule is COc1ccc(C(=O)CC(N)C(C)C)c(F)c1. The zero-order chi connectivity index (χ0) is 13.0. The first kappa shape index (κ1) is 13.6. The van der Waals surface area contributed by atoms with Gasteiger partial charge in [0.25, 0.3) is 0 Å². The highest BCUT2D eigenvalue weighted by atomic mass is 19.1. The van der Waals surface area contributed by atoms with Crippen LogP contribution in [0.2, 0.25) is 0 Å². The maximum Gasteiger partial charge on any atom is 0.167 e. The molecule has 3 nitrogen and oxygen atoms in total. The Kier molecular flexibility index (Phi) is 4.63. The van der Waals surface area contributed by atoms with Crippen LogP contribution in [0.25, 0.3) is 0 Å². The summed E-state index contributed by atoms with van der Waals surface area (Å²) in [6, 6.07) is 3.96. The molecular weight excluding hydrogens is 221 g/mol. The van der Waals surface area contributed by atoms with Gasteiger partial charge in [-0.3, -0.25) is 4.79 Å². The summed E-state index contributed by atoms with van der Waals surface area (Å²) in [7, 11) is 1.45. The quantitative estimate of drug-likeness (QED) is 0.803. The van der Waals surface area contributed by atoms with Crippen molar-refractivity contribution in [2.24, 2.45) is 11.7 Å². The molecule has 2 N–H and O–H groups in total. The fourth-order valence-electron chi connectivity index (χ4n) is 1.41. The number of rotatable bonds is 5. The van der Waals surface area contributed by atoms with E-state index >= 15 is 0 Å². The lowest BCUT2D eigenvalue weighted by Crippen LogP contribution is -2.29. The molecule has 4 heteroatoms. The Morgan fingerprint density at radius 2 is 2.12 bits per heavy atom. The molecule has 1 aromatic carbocycles. The molecule has 0 saturated heterocycles. The minimum Gasteiger partial charge on any atom is -0.497 e. The summed E-state index contributed by atoms with van der Waals surface area (Å²) in [5.74, 6) is -0.246. The molecule has 1 atom stereocenters. The van der Waals surface area contributed by atoms with Crippen LogP contribution in [-0.4, -0.2) is 18.9 Å². The first-order valence-electron chi connectivity index (χ1n) is 5.58. The second kappa shape index (κ2) is 5.77. The number of Topliss-reactive ketones (excluding diaryl/α,β-unsaturated/α-hetero) is 1. The van der Waals surface area contributed by atoms with E-state index in [1.54, 1.807) is 6.07 Å². The lowest BCUT2D eigenvalue weighted by molar-refractivity contribution is 0.0963. The third kappa shape index (κ3) is 3.53. The van der Waals surface area contributed by atoms with Crippen molar-refractivity contribution in [1.82, 2.24) is 0 Å². The van der Waals surface area contributed by atoms with Gasteiger partial charge in [0.05, 0.1) is 12.7 Å². The largest absolute Gasteiger partial charge is 0.497 e. The Bertz CT molecular complexity index is 404. The van der Waals surface area contributed by atoms with Crippen molar-refractivity contribution >= 4 is 5.78 Å². The molecule has 0 amide bonds. The second-order valence-electron chi connectivity index (χ2n) is 4.38. The van der Waals surface area contributed by atoms with Crippen molar-refractivity contribution in [3.8, 4) is 5.75 Å². The van der Waals surface area contributed by atoms with Crippen molar-refractivity contribution in [2.45, 2.75) is 26.3 Å². The number of carbonyl (C=O) groups is 1. The van der Waals surface area contributed by atoms with Crippen LogP contribution in [0.3, 0.4) is 0 Å². The van der Waals surface area contributed by atoms with Crippen LogP contribution >= 0.6 is 0 Å². The van der Waals surface area contributed by atoms with Gasteiger partial charge in [-0.1, -0.05) is 13.8 Å². The maximum absolute atomic E-state index is 13.6. The van der Waals surface area contributed by atoms with Gasteiger partial charge in [0.2, 0.25) is 0 Å². The van der Waals surface area contributed by atoms with Crippen LogP contribution in [0.5, 0.6) is 5.75 Å². The molecule has 0 spiro atoms. The van der Waals surface area contributed by atoms with Gasteiger partial charge < -0.3 is 10.5 Å². The van der Waals surface area contributed by atoms with E-state index in [-0.39, 0.29) is 29.7 Å². The topological polar surface area (TPSA) is 52.3 Å². The highest BCUT2D eigenvalue weighted by Crippen LogP contribution is 2.18. The zero-order valence-corrected chi connectivity index (χ0v) is 10.4. The number of hydrogen-bond donors (Lipinski definition) is 1. The molecule has 0 aliphatic rings. The van der Waals surface area contributed by atoms with Crippen LogP contribution in [0.1, 0.15) is 30.6 Å². The minimum atomic E-state index is -0.565. The molecule has 0 aliphatic carbocycles. The molecular formula is C13H18FNO2. The Morgan fingerprint density at radius 1 is 1.47 bits per heavy atom. The average Bonchev–Trinajstić information content (AvgIpc) is 2.28. The van der Waals surface area contributed by atoms with Crippen LogP contribution in [0, 0.1) is 11.7 Å². The van der Waals surface area contributed by atoms with Crippen LogP contribution in [-0.2, 0) is 0 Å². The van der Waals surface area contributed by atoms with Crippen LogP contribution in [0.4, 0.5) is 4.39 Å². The van der Waals surface area contributed by atoms with Crippen molar-refractivity contribution in [3.63, 3.8) is 0 Å². The Morgan fingerprint density at radius 3 is 2.59 bits per heavy atom. The highest BCUT2D eigenvalue weighted by Gasteiger charge is 2.17. The number of halogens is 1. The van der Waals surface area contributed by atoms with E-state index in [0.29, 0.717) is 5.75 Å². The van der Waals surface area contributed by atoms with Crippen molar-refractivity contribution in [2.75, 3.05) is 7.11 Å². The summed E-state index contributed by atoms with van der Waals surface area (Å²) < 4.78 is 18.5. The van der Waals surface area contributed by atoms with Crippen LogP contribution in [0.15, 0.2) is 18.2 Å². The number of nitrogens with two attached hydrogens (primary N) is 1. The van der Waals surface area contributed by atoms with E-state index in [2.05, 4.69) is 0 Å². The van der Waals surface area contributed by atoms with Gasteiger partial charge in [-0.25, -0.2) is 4.39 Å². The van der Waals surface area contributed by atoms with E-state index in [9.17, 15) is 9.18 Å². The minimum absolute atomic E-state index is 0.0712. The van der Waals surface area contributed by atoms with E-state index < -0.39 is 5.82 Å². The smallest absolute Gasteiger partial charge is 0.167 e. The Balaban J connectivity index is 2.82. The van der Waals surface area contributed by atoms with E-state index in [1.165, 1.54) is 19.2 Å². The fourth-order valence-corrected chi connectivity index (χ4v) is 1.41. The van der Waals surface area contributed by atoms with Gasteiger partial charge in [0.1, 0.15) is 11.6 Å². The summed E-state index contributed by atoms with van der Waals surface area (Å²) in [4.78, 5) is 11.8. The highest BCUT2D eigenvalue weighted by molar-refractivity contribution is 5.96. The first-order valence-corrected chi connectivity index (χ1v) is 5.58. The molecule has 1 rings (SSSR count). The molecule has 0 heterocycles. The van der Waals surface area contributed by atoms with Crippen molar-refractivity contribution in [1.29, 1.82) is 0 Å². The molecule has 94 valence electrons. The first-order chi connectivity index (χ1) is 7.95. The molecule has 1 aromatic rings. The van der Waals surface area contributed by atoms with Gasteiger partial charge >= 0.3 is 0 Å². The molecule has 0 bridgehead atoms. The van der Waals surface area contributed by atoms with Crippen molar-refractivity contribution in [3.05, 3.63) is 29.6 Å². The van der Waals surface area contributed by atoms with Gasteiger partial charge in [-0.2, -0.15) is 0 Å². The molecule has 0 aliphatic heterocycles. The molecule has 1 unspecified atom stereocenters.